The molecule has 2 rings (SSSR count). The van der Waals surface area contributed by atoms with Gasteiger partial charge in [-0.15, -0.1) is 0 Å². The molecule has 0 spiro atoms. The minimum atomic E-state index is -0.339. The predicted octanol–water partition coefficient (Wildman–Crippen LogP) is 4.01. The molecular formula is C16H18F2N2. The van der Waals surface area contributed by atoms with Crippen LogP contribution in [0.3, 0.4) is 0 Å². The molecule has 0 aliphatic rings. The molecule has 20 heavy (non-hydrogen) atoms. The summed E-state index contributed by atoms with van der Waals surface area (Å²) in [6.07, 6.45) is 0. The molecule has 1 atom stereocenters. The fourth-order valence-corrected chi connectivity index (χ4v) is 2.20. The topological polar surface area (TPSA) is 15.3 Å². The van der Waals surface area contributed by atoms with Crippen LogP contribution in [0.2, 0.25) is 0 Å². The summed E-state index contributed by atoms with van der Waals surface area (Å²) in [5.41, 5.74) is 1.90. The van der Waals surface area contributed by atoms with E-state index in [1.165, 1.54) is 18.2 Å². The van der Waals surface area contributed by atoms with Crippen molar-refractivity contribution in [3.05, 3.63) is 59.7 Å². The molecule has 2 aromatic rings. The van der Waals surface area contributed by atoms with E-state index in [1.54, 1.807) is 30.1 Å². The maximum Gasteiger partial charge on any atom is 0.147 e. The number of benzene rings is 2. The van der Waals surface area contributed by atoms with Gasteiger partial charge in [0.25, 0.3) is 0 Å². The zero-order valence-corrected chi connectivity index (χ0v) is 11.8. The summed E-state index contributed by atoms with van der Waals surface area (Å²) in [6.45, 7) is 1.96. The Morgan fingerprint density at radius 2 is 1.80 bits per heavy atom. The highest BCUT2D eigenvalue weighted by Crippen LogP contribution is 2.33. The Balaban J connectivity index is 2.51. The van der Waals surface area contributed by atoms with Gasteiger partial charge in [-0.25, -0.2) is 8.78 Å². The number of halogens is 2. The molecule has 2 aromatic carbocycles. The van der Waals surface area contributed by atoms with E-state index in [4.69, 9.17) is 0 Å². The summed E-state index contributed by atoms with van der Waals surface area (Å²) in [7, 11) is 3.56. The van der Waals surface area contributed by atoms with Crippen molar-refractivity contribution in [2.45, 2.75) is 13.0 Å². The van der Waals surface area contributed by atoms with Crippen LogP contribution in [0.25, 0.3) is 0 Å². The number of hydrogen-bond donors (Lipinski definition) is 1. The second-order valence-electron chi connectivity index (χ2n) is 4.73. The molecule has 0 fully saturated rings. The van der Waals surface area contributed by atoms with E-state index in [0.717, 1.165) is 5.56 Å². The molecule has 2 nitrogen and oxygen atoms in total. The second-order valence-corrected chi connectivity index (χ2v) is 4.73. The molecule has 1 unspecified atom stereocenters. The molecule has 106 valence electrons. The zero-order chi connectivity index (χ0) is 14.7. The van der Waals surface area contributed by atoms with Crippen molar-refractivity contribution >= 4 is 11.4 Å². The molecule has 4 heteroatoms. The highest BCUT2D eigenvalue weighted by molar-refractivity contribution is 5.67. The lowest BCUT2D eigenvalue weighted by Crippen LogP contribution is -2.19. The third-order valence-corrected chi connectivity index (χ3v) is 3.45. The number of hydrogen-bond acceptors (Lipinski definition) is 2. The first kappa shape index (κ1) is 14.5. The Bertz CT molecular complexity index is 599. The second kappa shape index (κ2) is 6.01. The average Bonchev–Trinajstić information content (AvgIpc) is 2.45. The molecule has 1 N–H and O–H groups in total. The minimum Gasteiger partial charge on any atom is -0.342 e. The van der Waals surface area contributed by atoms with Gasteiger partial charge in [-0.2, -0.15) is 0 Å². The minimum absolute atomic E-state index is 0.00305. The van der Waals surface area contributed by atoms with Gasteiger partial charge in [-0.1, -0.05) is 18.2 Å². The molecule has 0 saturated heterocycles. The summed E-state index contributed by atoms with van der Waals surface area (Å²) in [5.74, 6) is -0.662. The molecular weight excluding hydrogens is 258 g/mol. The molecule has 0 heterocycles. The number of anilines is 2. The molecule has 0 bridgehead atoms. The van der Waals surface area contributed by atoms with Crippen LogP contribution in [0.4, 0.5) is 20.2 Å². The lowest BCUT2D eigenvalue weighted by Gasteiger charge is -2.25. The normalized spacial score (nSPS) is 12.2. The monoisotopic (exact) mass is 276 g/mol. The maximum absolute atomic E-state index is 14.2. The third-order valence-electron chi connectivity index (χ3n) is 3.45. The highest BCUT2D eigenvalue weighted by atomic mass is 19.1. The first-order valence-electron chi connectivity index (χ1n) is 6.49. The van der Waals surface area contributed by atoms with Crippen LogP contribution in [-0.4, -0.2) is 14.1 Å². The van der Waals surface area contributed by atoms with Gasteiger partial charge in [0.05, 0.1) is 5.69 Å². The predicted molar refractivity (Wildman–Crippen MR) is 78.3 cm³/mol. The van der Waals surface area contributed by atoms with Crippen LogP contribution in [0, 0.1) is 11.6 Å². The molecule has 0 aromatic heterocycles. The van der Waals surface area contributed by atoms with Crippen molar-refractivity contribution in [3.63, 3.8) is 0 Å². The van der Waals surface area contributed by atoms with Crippen molar-refractivity contribution in [1.29, 1.82) is 0 Å². The quantitative estimate of drug-likeness (QED) is 0.907. The molecule has 0 aliphatic heterocycles. The summed E-state index contributed by atoms with van der Waals surface area (Å²) in [6, 6.07) is 11.1. The maximum atomic E-state index is 14.2. The largest absolute Gasteiger partial charge is 0.342 e. The lowest BCUT2D eigenvalue weighted by molar-refractivity contribution is 0.607. The van der Waals surface area contributed by atoms with Crippen LogP contribution < -0.4 is 10.2 Å². The van der Waals surface area contributed by atoms with Crippen molar-refractivity contribution < 1.29 is 8.78 Å². The first-order valence-corrected chi connectivity index (χ1v) is 6.49. The van der Waals surface area contributed by atoms with Gasteiger partial charge in [0.15, 0.2) is 0 Å². The van der Waals surface area contributed by atoms with Crippen LogP contribution >= 0.6 is 0 Å². The highest BCUT2D eigenvalue weighted by Gasteiger charge is 2.17. The van der Waals surface area contributed by atoms with Gasteiger partial charge in [0.2, 0.25) is 0 Å². The smallest absolute Gasteiger partial charge is 0.147 e. The Morgan fingerprint density at radius 3 is 2.45 bits per heavy atom. The fraction of sp³-hybridized carbons (Fsp3) is 0.250. The first-order chi connectivity index (χ1) is 9.54. The average molecular weight is 276 g/mol. The molecule has 0 aliphatic carbocycles. The van der Waals surface area contributed by atoms with Crippen molar-refractivity contribution in [2.75, 3.05) is 19.0 Å². The number of rotatable bonds is 4. The Kier molecular flexibility index (Phi) is 4.35. The van der Waals surface area contributed by atoms with Gasteiger partial charge >= 0.3 is 0 Å². The fourth-order valence-electron chi connectivity index (χ4n) is 2.20. The van der Waals surface area contributed by atoms with E-state index in [1.807, 2.05) is 20.0 Å². The summed E-state index contributed by atoms with van der Waals surface area (Å²) in [4.78, 5) is 1.67. The van der Waals surface area contributed by atoms with Crippen LogP contribution in [0.15, 0.2) is 42.5 Å². The van der Waals surface area contributed by atoms with Crippen molar-refractivity contribution in [2.24, 2.45) is 0 Å². The van der Waals surface area contributed by atoms with E-state index < -0.39 is 0 Å². The van der Waals surface area contributed by atoms with E-state index in [9.17, 15) is 8.78 Å². The summed E-state index contributed by atoms with van der Waals surface area (Å²) < 4.78 is 27.6. The van der Waals surface area contributed by atoms with E-state index >= 15 is 0 Å². The van der Waals surface area contributed by atoms with Crippen LogP contribution in [0.1, 0.15) is 18.5 Å². The van der Waals surface area contributed by atoms with Gasteiger partial charge in [-0.3, -0.25) is 0 Å². The van der Waals surface area contributed by atoms with E-state index in [0.29, 0.717) is 11.4 Å². The van der Waals surface area contributed by atoms with Gasteiger partial charge < -0.3 is 10.2 Å². The Labute approximate surface area is 118 Å². The molecule has 0 amide bonds. The summed E-state index contributed by atoms with van der Waals surface area (Å²) >= 11 is 0. The Hall–Kier alpha value is -1.94. The SMILES string of the molecule is CNC(C)c1cccc(F)c1N(C)c1cccc(F)c1. The lowest BCUT2D eigenvalue weighted by atomic mass is 10.0. The van der Waals surface area contributed by atoms with Gasteiger partial charge in [-0.05, 0) is 43.8 Å². The van der Waals surface area contributed by atoms with Crippen LogP contribution in [0.5, 0.6) is 0 Å². The van der Waals surface area contributed by atoms with Crippen LogP contribution in [-0.2, 0) is 0 Å². The number of para-hydroxylation sites is 1. The standard InChI is InChI=1S/C16H18F2N2/c1-11(19-2)14-8-5-9-15(18)16(14)20(3)13-7-4-6-12(17)10-13/h4-11,19H,1-3H3. The van der Waals surface area contributed by atoms with E-state index in [2.05, 4.69) is 5.32 Å². The summed E-state index contributed by atoms with van der Waals surface area (Å²) in [5, 5.41) is 3.10. The van der Waals surface area contributed by atoms with E-state index in [-0.39, 0.29) is 17.7 Å². The van der Waals surface area contributed by atoms with Gasteiger partial charge in [0, 0.05) is 18.8 Å². The number of nitrogens with zero attached hydrogens (tertiary/aromatic N) is 1. The third kappa shape index (κ3) is 2.80. The van der Waals surface area contributed by atoms with Crippen molar-refractivity contribution in [1.82, 2.24) is 5.32 Å². The molecule has 0 radical (unpaired) electrons. The molecule has 0 saturated carbocycles. The number of nitrogens with one attached hydrogen (secondary N) is 1. The zero-order valence-electron chi connectivity index (χ0n) is 11.8. The van der Waals surface area contributed by atoms with Crippen molar-refractivity contribution in [3.8, 4) is 0 Å². The Morgan fingerprint density at radius 1 is 1.10 bits per heavy atom. The van der Waals surface area contributed by atoms with Gasteiger partial charge in [0.1, 0.15) is 11.6 Å².